The quantitative estimate of drug-likeness (QED) is 0.870. The molecule has 2 aromatic heterocycles. The number of pyridine rings is 1. The van der Waals surface area contributed by atoms with Crippen LogP contribution in [0.1, 0.15) is 37.3 Å². The van der Waals surface area contributed by atoms with E-state index in [-0.39, 0.29) is 12.0 Å². The van der Waals surface area contributed by atoms with E-state index in [1.54, 1.807) is 12.4 Å². The summed E-state index contributed by atoms with van der Waals surface area (Å²) in [6.07, 6.45) is 9.45. The van der Waals surface area contributed by atoms with E-state index in [1.165, 1.54) is 12.1 Å². The van der Waals surface area contributed by atoms with Crippen molar-refractivity contribution in [3.63, 3.8) is 0 Å². The van der Waals surface area contributed by atoms with Gasteiger partial charge in [0.25, 0.3) is 0 Å². The molecule has 2 saturated heterocycles. The van der Waals surface area contributed by atoms with Gasteiger partial charge >= 0.3 is 0 Å². The van der Waals surface area contributed by atoms with E-state index in [4.69, 9.17) is 4.74 Å². The van der Waals surface area contributed by atoms with Gasteiger partial charge in [-0.3, -0.25) is 14.5 Å². The van der Waals surface area contributed by atoms with Crippen LogP contribution in [0.25, 0.3) is 0 Å². The Hall–Kier alpha value is -2.41. The highest BCUT2D eigenvalue weighted by atomic mass is 16.5. The second-order valence-electron chi connectivity index (χ2n) is 7.34. The highest BCUT2D eigenvalue weighted by Gasteiger charge is 2.26. The lowest BCUT2D eigenvalue weighted by atomic mass is 9.96. The molecule has 4 heterocycles. The van der Waals surface area contributed by atoms with Gasteiger partial charge in [-0.05, 0) is 37.6 Å². The molecule has 1 amide bonds. The third-order valence-electron chi connectivity index (χ3n) is 5.48. The largest absolute Gasteiger partial charge is 0.489 e. The minimum atomic E-state index is 0.142. The Kier molecular flexibility index (Phi) is 5.67. The first-order valence-electron chi connectivity index (χ1n) is 9.86. The summed E-state index contributed by atoms with van der Waals surface area (Å²) in [7, 11) is 0. The molecule has 2 aliphatic heterocycles. The zero-order valence-corrected chi connectivity index (χ0v) is 15.6. The number of carbonyl (C=O) groups is 1. The van der Waals surface area contributed by atoms with Gasteiger partial charge < -0.3 is 15.0 Å². The van der Waals surface area contributed by atoms with Gasteiger partial charge in [0.15, 0.2) is 0 Å². The molecule has 1 atom stereocenters. The molecule has 7 heteroatoms. The first-order valence-corrected chi connectivity index (χ1v) is 9.86. The Morgan fingerprint density at radius 3 is 2.85 bits per heavy atom. The van der Waals surface area contributed by atoms with Crippen molar-refractivity contribution in [1.82, 2.24) is 25.0 Å². The van der Waals surface area contributed by atoms with E-state index in [0.29, 0.717) is 12.5 Å². The van der Waals surface area contributed by atoms with Crippen molar-refractivity contribution >= 4 is 5.91 Å². The van der Waals surface area contributed by atoms with Gasteiger partial charge in [-0.1, -0.05) is 0 Å². The summed E-state index contributed by atoms with van der Waals surface area (Å²) in [4.78, 5) is 18.8. The third-order valence-corrected chi connectivity index (χ3v) is 5.48. The number of nitrogens with one attached hydrogen (secondary N) is 1. The van der Waals surface area contributed by atoms with E-state index in [0.717, 1.165) is 51.2 Å². The molecular weight excluding hydrogens is 342 g/mol. The average molecular weight is 369 g/mol. The fourth-order valence-corrected chi connectivity index (χ4v) is 3.99. The molecule has 1 unspecified atom stereocenters. The predicted molar refractivity (Wildman–Crippen MR) is 102 cm³/mol. The molecule has 0 radical (unpaired) electrons. The molecular formula is C20H27N5O2. The molecule has 2 aliphatic rings. The lowest BCUT2D eigenvalue weighted by Gasteiger charge is -2.32. The van der Waals surface area contributed by atoms with Crippen LogP contribution >= 0.6 is 0 Å². The van der Waals surface area contributed by atoms with E-state index in [9.17, 15) is 4.79 Å². The second-order valence-corrected chi connectivity index (χ2v) is 7.34. The maximum Gasteiger partial charge on any atom is 0.244 e. The highest BCUT2D eigenvalue weighted by Crippen LogP contribution is 2.23. The third kappa shape index (κ3) is 4.47. The predicted octanol–water partition coefficient (Wildman–Crippen LogP) is 1.82. The molecule has 0 aliphatic carbocycles. The van der Waals surface area contributed by atoms with Crippen LogP contribution < -0.4 is 10.1 Å². The molecule has 4 rings (SSSR count). The van der Waals surface area contributed by atoms with E-state index in [1.807, 2.05) is 27.9 Å². The van der Waals surface area contributed by atoms with Gasteiger partial charge in [0.05, 0.1) is 6.20 Å². The number of nitrogens with zero attached hydrogens (tertiary/aromatic N) is 4. The maximum atomic E-state index is 12.8. The van der Waals surface area contributed by atoms with Gasteiger partial charge in [-0.25, -0.2) is 0 Å². The van der Waals surface area contributed by atoms with Crippen LogP contribution in [-0.4, -0.2) is 57.9 Å². The van der Waals surface area contributed by atoms with Gasteiger partial charge in [0, 0.05) is 56.5 Å². The topological polar surface area (TPSA) is 72.3 Å². The Morgan fingerprint density at radius 1 is 1.22 bits per heavy atom. The Labute approximate surface area is 159 Å². The number of likely N-dealkylation sites (tertiary alicyclic amines) is 1. The molecule has 27 heavy (non-hydrogen) atoms. The van der Waals surface area contributed by atoms with Gasteiger partial charge in [-0.15, -0.1) is 0 Å². The minimum Gasteiger partial charge on any atom is -0.489 e. The van der Waals surface area contributed by atoms with E-state index >= 15 is 0 Å². The molecule has 7 nitrogen and oxygen atoms in total. The van der Waals surface area contributed by atoms with Gasteiger partial charge in [0.1, 0.15) is 18.4 Å². The summed E-state index contributed by atoms with van der Waals surface area (Å²) >= 11 is 0. The van der Waals surface area contributed by atoms with Crippen molar-refractivity contribution in [3.8, 4) is 5.75 Å². The lowest BCUT2D eigenvalue weighted by Crippen LogP contribution is -2.43. The van der Waals surface area contributed by atoms with E-state index < -0.39 is 0 Å². The summed E-state index contributed by atoms with van der Waals surface area (Å²) in [5.41, 5.74) is 1.17. The Bertz CT molecular complexity index is 734. The number of rotatable bonds is 5. The van der Waals surface area contributed by atoms with Crippen LogP contribution in [0.3, 0.4) is 0 Å². The lowest BCUT2D eigenvalue weighted by molar-refractivity contribution is -0.133. The minimum absolute atomic E-state index is 0.142. The summed E-state index contributed by atoms with van der Waals surface area (Å²) < 4.78 is 7.85. The number of piperidine rings is 2. The zero-order chi connectivity index (χ0) is 18.5. The van der Waals surface area contributed by atoms with Crippen molar-refractivity contribution in [3.05, 3.63) is 42.5 Å². The number of hydrogen-bond acceptors (Lipinski definition) is 5. The van der Waals surface area contributed by atoms with Crippen molar-refractivity contribution < 1.29 is 9.53 Å². The zero-order valence-electron chi connectivity index (χ0n) is 15.6. The number of carbonyl (C=O) groups excluding carboxylic acids is 1. The smallest absolute Gasteiger partial charge is 0.244 e. The molecule has 0 spiro atoms. The highest BCUT2D eigenvalue weighted by molar-refractivity contribution is 5.76. The fourth-order valence-electron chi connectivity index (χ4n) is 3.99. The molecule has 0 saturated carbocycles. The van der Waals surface area contributed by atoms with Crippen LogP contribution in [0.2, 0.25) is 0 Å². The van der Waals surface area contributed by atoms with Crippen molar-refractivity contribution in [1.29, 1.82) is 0 Å². The number of hydrogen-bond donors (Lipinski definition) is 1. The summed E-state index contributed by atoms with van der Waals surface area (Å²) in [6.45, 7) is 3.83. The average Bonchev–Trinajstić information content (AvgIpc) is 3.18. The van der Waals surface area contributed by atoms with Crippen LogP contribution in [0.15, 0.2) is 36.8 Å². The van der Waals surface area contributed by atoms with E-state index in [2.05, 4.69) is 21.5 Å². The van der Waals surface area contributed by atoms with Gasteiger partial charge in [-0.2, -0.15) is 5.10 Å². The molecule has 144 valence electrons. The normalized spacial score (nSPS) is 21.2. The first-order chi connectivity index (χ1) is 13.3. The van der Waals surface area contributed by atoms with Crippen molar-refractivity contribution in [2.24, 2.45) is 0 Å². The Morgan fingerprint density at radius 2 is 2.11 bits per heavy atom. The number of aromatic nitrogens is 3. The number of amides is 1. The first kappa shape index (κ1) is 18.0. The van der Waals surface area contributed by atoms with Gasteiger partial charge in [0.2, 0.25) is 5.91 Å². The summed E-state index contributed by atoms with van der Waals surface area (Å²) in [5, 5.41) is 7.84. The standard InChI is InChI=1S/C20H27N5O2/c26-20(15-25-19(5-10-23-25)16-3-1-8-21-13-16)24-11-6-17(7-12-24)27-18-4-2-9-22-14-18/h2,4-5,9-10,14,16-17,21H,1,3,6-8,11-13,15H2. The Balaban J connectivity index is 1.29. The van der Waals surface area contributed by atoms with Crippen molar-refractivity contribution in [2.45, 2.75) is 44.2 Å². The summed E-state index contributed by atoms with van der Waals surface area (Å²) in [5.74, 6) is 1.39. The SMILES string of the molecule is O=C(Cn1nccc1C1CCCNC1)N1CCC(Oc2cccnc2)CC1. The van der Waals surface area contributed by atoms with Crippen LogP contribution in [0, 0.1) is 0 Å². The maximum absolute atomic E-state index is 12.8. The monoisotopic (exact) mass is 369 g/mol. The second kappa shape index (κ2) is 8.52. The molecule has 2 fully saturated rings. The number of ether oxygens (including phenoxy) is 1. The molecule has 0 bridgehead atoms. The van der Waals surface area contributed by atoms with Crippen molar-refractivity contribution in [2.75, 3.05) is 26.2 Å². The fraction of sp³-hybridized carbons (Fsp3) is 0.550. The summed E-state index contributed by atoms with van der Waals surface area (Å²) in [6, 6.07) is 5.85. The molecule has 0 aromatic carbocycles. The molecule has 1 N–H and O–H groups in total. The van der Waals surface area contributed by atoms with Crippen LogP contribution in [0.5, 0.6) is 5.75 Å². The van der Waals surface area contributed by atoms with Crippen LogP contribution in [0.4, 0.5) is 0 Å². The molecule has 2 aromatic rings. The van der Waals surface area contributed by atoms with Crippen LogP contribution in [-0.2, 0) is 11.3 Å².